The fraction of sp³-hybridized carbons (Fsp3) is 0.429. The lowest BCUT2D eigenvalue weighted by Crippen LogP contribution is -2.27. The highest BCUT2D eigenvalue weighted by molar-refractivity contribution is 9.10. The largest absolute Gasteiger partial charge is 0.482 e. The van der Waals surface area contributed by atoms with Gasteiger partial charge in [-0.2, -0.15) is 0 Å². The second-order valence-corrected chi connectivity index (χ2v) is 5.80. The van der Waals surface area contributed by atoms with E-state index in [2.05, 4.69) is 21.2 Å². The molecule has 1 atom stereocenters. The molecule has 0 radical (unpaired) electrons. The van der Waals surface area contributed by atoms with E-state index in [0.717, 1.165) is 19.4 Å². The quantitative estimate of drug-likeness (QED) is 0.840. The molecule has 5 nitrogen and oxygen atoms in total. The highest BCUT2D eigenvalue weighted by atomic mass is 79.9. The SMILES string of the molecule is O=C1COc2cc(C(=O)C3CCCOC3)c(Br)cc2N1. The number of benzene rings is 1. The van der Waals surface area contributed by atoms with E-state index in [1.165, 1.54) is 0 Å². The maximum atomic E-state index is 12.5. The average molecular weight is 340 g/mol. The zero-order chi connectivity index (χ0) is 14.1. The van der Waals surface area contributed by atoms with Gasteiger partial charge in [0.25, 0.3) is 5.91 Å². The van der Waals surface area contributed by atoms with Gasteiger partial charge >= 0.3 is 0 Å². The van der Waals surface area contributed by atoms with Crippen LogP contribution in [0.15, 0.2) is 16.6 Å². The average Bonchev–Trinajstić information content (AvgIpc) is 2.46. The van der Waals surface area contributed by atoms with Gasteiger partial charge < -0.3 is 14.8 Å². The molecule has 1 N–H and O–H groups in total. The Kier molecular flexibility index (Phi) is 3.76. The predicted molar refractivity (Wildman–Crippen MR) is 76.1 cm³/mol. The first-order valence-electron chi connectivity index (χ1n) is 6.53. The number of hydrogen-bond donors (Lipinski definition) is 1. The lowest BCUT2D eigenvalue weighted by Gasteiger charge is -2.23. The van der Waals surface area contributed by atoms with Gasteiger partial charge in [0.2, 0.25) is 0 Å². The van der Waals surface area contributed by atoms with Crippen LogP contribution >= 0.6 is 15.9 Å². The summed E-state index contributed by atoms with van der Waals surface area (Å²) in [5.41, 5.74) is 1.17. The number of fused-ring (bicyclic) bond motifs is 1. The van der Waals surface area contributed by atoms with Crippen molar-refractivity contribution in [3.05, 3.63) is 22.2 Å². The van der Waals surface area contributed by atoms with E-state index in [-0.39, 0.29) is 24.2 Å². The molecule has 1 amide bonds. The van der Waals surface area contributed by atoms with Crippen LogP contribution in [-0.4, -0.2) is 31.5 Å². The van der Waals surface area contributed by atoms with Gasteiger partial charge in [-0.25, -0.2) is 0 Å². The summed E-state index contributed by atoms with van der Waals surface area (Å²) in [6, 6.07) is 3.40. The van der Waals surface area contributed by atoms with E-state index in [0.29, 0.717) is 28.1 Å². The molecule has 6 heteroatoms. The lowest BCUT2D eigenvalue weighted by atomic mass is 9.92. The van der Waals surface area contributed by atoms with Crippen molar-refractivity contribution in [2.75, 3.05) is 25.1 Å². The molecule has 0 bridgehead atoms. The molecule has 20 heavy (non-hydrogen) atoms. The van der Waals surface area contributed by atoms with Crippen LogP contribution in [0.2, 0.25) is 0 Å². The van der Waals surface area contributed by atoms with Crippen molar-refractivity contribution >= 4 is 33.3 Å². The molecule has 3 rings (SSSR count). The third-order valence-corrected chi connectivity index (χ3v) is 4.15. The topological polar surface area (TPSA) is 64.6 Å². The molecule has 1 unspecified atom stereocenters. The molecule has 1 aromatic carbocycles. The molecule has 0 spiro atoms. The maximum Gasteiger partial charge on any atom is 0.262 e. The molecule has 2 aliphatic rings. The van der Waals surface area contributed by atoms with Gasteiger partial charge in [-0.05, 0) is 40.9 Å². The second-order valence-electron chi connectivity index (χ2n) is 4.94. The van der Waals surface area contributed by atoms with Crippen LogP contribution < -0.4 is 10.1 Å². The third-order valence-electron chi connectivity index (χ3n) is 3.50. The third kappa shape index (κ3) is 2.58. The number of carbonyl (C=O) groups excluding carboxylic acids is 2. The summed E-state index contributed by atoms with van der Waals surface area (Å²) in [5.74, 6) is 0.299. The minimum absolute atomic E-state index is 0.0190. The molecule has 0 aromatic heterocycles. The molecule has 0 aliphatic carbocycles. The summed E-state index contributed by atoms with van der Waals surface area (Å²) in [7, 11) is 0. The van der Waals surface area contributed by atoms with Gasteiger partial charge in [0.15, 0.2) is 12.4 Å². The van der Waals surface area contributed by atoms with Gasteiger partial charge in [-0.1, -0.05) is 0 Å². The number of halogens is 1. The summed E-state index contributed by atoms with van der Waals surface area (Å²) in [6.07, 6.45) is 1.76. The lowest BCUT2D eigenvalue weighted by molar-refractivity contribution is -0.118. The summed E-state index contributed by atoms with van der Waals surface area (Å²) >= 11 is 3.39. The number of ketones is 1. The first-order valence-corrected chi connectivity index (χ1v) is 7.32. The first-order chi connectivity index (χ1) is 9.65. The van der Waals surface area contributed by atoms with Gasteiger partial charge in [-0.3, -0.25) is 9.59 Å². The van der Waals surface area contributed by atoms with Crippen LogP contribution in [0, 0.1) is 5.92 Å². The minimum Gasteiger partial charge on any atom is -0.482 e. The van der Waals surface area contributed by atoms with Crippen LogP contribution in [0.4, 0.5) is 5.69 Å². The smallest absolute Gasteiger partial charge is 0.262 e. The molecule has 1 saturated heterocycles. The molecule has 2 aliphatic heterocycles. The fourth-order valence-corrected chi connectivity index (χ4v) is 3.00. The Morgan fingerprint density at radius 2 is 2.25 bits per heavy atom. The van der Waals surface area contributed by atoms with Crippen molar-refractivity contribution in [3.63, 3.8) is 0 Å². The molecule has 1 fully saturated rings. The Balaban J connectivity index is 1.89. The van der Waals surface area contributed by atoms with E-state index in [9.17, 15) is 9.59 Å². The number of rotatable bonds is 2. The Morgan fingerprint density at radius 1 is 1.40 bits per heavy atom. The Labute approximate surface area is 124 Å². The number of Topliss-reactive ketones (excluding diaryl/α,β-unsaturated/α-hetero) is 1. The Morgan fingerprint density at radius 3 is 3.00 bits per heavy atom. The van der Waals surface area contributed by atoms with Gasteiger partial charge in [0.1, 0.15) is 5.75 Å². The number of anilines is 1. The van der Waals surface area contributed by atoms with Crippen LogP contribution in [0.5, 0.6) is 5.75 Å². The summed E-state index contributed by atoms with van der Waals surface area (Å²) in [4.78, 5) is 23.8. The van der Waals surface area contributed by atoms with Crippen molar-refractivity contribution in [2.45, 2.75) is 12.8 Å². The number of amides is 1. The zero-order valence-electron chi connectivity index (χ0n) is 10.8. The first kappa shape index (κ1) is 13.6. The second kappa shape index (κ2) is 5.54. The van der Waals surface area contributed by atoms with Crippen LogP contribution in [-0.2, 0) is 9.53 Å². The number of hydrogen-bond acceptors (Lipinski definition) is 4. The van der Waals surface area contributed by atoms with Crippen molar-refractivity contribution in [3.8, 4) is 5.75 Å². The van der Waals surface area contributed by atoms with Gasteiger partial charge in [0.05, 0.1) is 12.3 Å². The fourth-order valence-electron chi connectivity index (χ4n) is 2.46. The number of carbonyl (C=O) groups is 2. The number of ether oxygens (including phenoxy) is 2. The molecule has 2 heterocycles. The van der Waals surface area contributed by atoms with Crippen LogP contribution in [0.3, 0.4) is 0 Å². The monoisotopic (exact) mass is 339 g/mol. The minimum atomic E-state index is -0.191. The Bertz CT molecular complexity index is 567. The van der Waals surface area contributed by atoms with E-state index in [1.807, 2.05) is 0 Å². The molecular weight excluding hydrogens is 326 g/mol. The van der Waals surface area contributed by atoms with Crippen LogP contribution in [0.25, 0.3) is 0 Å². The van der Waals surface area contributed by atoms with Gasteiger partial charge in [0, 0.05) is 22.6 Å². The molecular formula is C14H14BrNO4. The predicted octanol–water partition coefficient (Wildman–Crippen LogP) is 2.39. The van der Waals surface area contributed by atoms with Crippen molar-refractivity contribution < 1.29 is 19.1 Å². The normalized spacial score (nSPS) is 21.6. The molecule has 106 valence electrons. The van der Waals surface area contributed by atoms with Crippen molar-refractivity contribution in [1.29, 1.82) is 0 Å². The summed E-state index contributed by atoms with van der Waals surface area (Å²) in [6.45, 7) is 1.18. The highest BCUT2D eigenvalue weighted by Gasteiger charge is 2.27. The molecule has 0 saturated carbocycles. The van der Waals surface area contributed by atoms with Crippen LogP contribution in [0.1, 0.15) is 23.2 Å². The maximum absolute atomic E-state index is 12.5. The molecule has 1 aromatic rings. The van der Waals surface area contributed by atoms with E-state index in [1.54, 1.807) is 12.1 Å². The number of nitrogens with one attached hydrogen (secondary N) is 1. The van der Waals surface area contributed by atoms with E-state index < -0.39 is 0 Å². The standard InChI is InChI=1S/C14H14BrNO4/c15-10-5-11-12(20-7-13(17)16-11)4-9(10)14(18)8-2-1-3-19-6-8/h4-5,8H,1-3,6-7H2,(H,16,17). The van der Waals surface area contributed by atoms with E-state index in [4.69, 9.17) is 9.47 Å². The zero-order valence-corrected chi connectivity index (χ0v) is 12.4. The highest BCUT2D eigenvalue weighted by Crippen LogP contribution is 2.35. The van der Waals surface area contributed by atoms with Crippen molar-refractivity contribution in [2.24, 2.45) is 5.92 Å². The van der Waals surface area contributed by atoms with Gasteiger partial charge in [-0.15, -0.1) is 0 Å². The van der Waals surface area contributed by atoms with Crippen molar-refractivity contribution in [1.82, 2.24) is 0 Å². The van der Waals surface area contributed by atoms with E-state index >= 15 is 0 Å². The Hall–Kier alpha value is -1.40. The summed E-state index contributed by atoms with van der Waals surface area (Å²) in [5, 5.41) is 2.72. The summed E-state index contributed by atoms with van der Waals surface area (Å²) < 4.78 is 11.4.